The van der Waals surface area contributed by atoms with Crippen molar-refractivity contribution in [2.45, 2.75) is 13.1 Å². The maximum absolute atomic E-state index is 11.9. The van der Waals surface area contributed by atoms with Crippen LogP contribution in [0.5, 0.6) is 11.5 Å². The predicted octanol–water partition coefficient (Wildman–Crippen LogP) is 2.71. The summed E-state index contributed by atoms with van der Waals surface area (Å²) in [6.07, 6.45) is 0. The van der Waals surface area contributed by atoms with Gasteiger partial charge in [-0.2, -0.15) is 0 Å². The zero-order chi connectivity index (χ0) is 19.6. The molecule has 0 unspecified atom stereocenters. The minimum absolute atomic E-state index is 0. The van der Waals surface area contributed by atoms with E-state index in [-0.39, 0.29) is 36.4 Å². The van der Waals surface area contributed by atoms with Gasteiger partial charge in [-0.1, -0.05) is 12.1 Å². The zero-order valence-corrected chi connectivity index (χ0v) is 19.7. The Bertz CT molecular complexity index is 767. The van der Waals surface area contributed by atoms with Crippen molar-refractivity contribution < 1.29 is 14.3 Å². The molecule has 0 spiro atoms. The molecule has 1 amide bonds. The Balaban J connectivity index is 0.00000392. The molecule has 9 heteroatoms. The molecular weight excluding hydrogens is 491 g/mol. The Labute approximate surface area is 187 Å². The SMILES string of the molecule is COc1ccc(CN=C(NCC(=O)N(C)C)NCc2cccs2)cc1OC.I. The third-order valence-electron chi connectivity index (χ3n) is 3.78. The first-order valence-electron chi connectivity index (χ1n) is 8.49. The number of hydrogen-bond donors (Lipinski definition) is 2. The number of hydrogen-bond acceptors (Lipinski definition) is 5. The standard InChI is InChI=1S/C19H26N4O3S.HI/c1-23(2)18(24)13-22-19(21-12-15-6-5-9-27-15)20-11-14-7-8-16(25-3)17(10-14)26-4;/h5-10H,11-13H2,1-4H3,(H2,20,21,22);1H. The van der Waals surface area contributed by atoms with Gasteiger partial charge in [0.2, 0.25) is 5.91 Å². The van der Waals surface area contributed by atoms with Crippen molar-refractivity contribution in [3.05, 3.63) is 46.2 Å². The number of benzene rings is 1. The second kappa shape index (κ2) is 12.4. The highest BCUT2D eigenvalue weighted by Gasteiger charge is 2.08. The van der Waals surface area contributed by atoms with Crippen LogP contribution >= 0.6 is 35.3 Å². The number of aliphatic imine (C=N–C) groups is 1. The smallest absolute Gasteiger partial charge is 0.241 e. The molecule has 0 fully saturated rings. The number of rotatable bonds is 8. The van der Waals surface area contributed by atoms with E-state index in [9.17, 15) is 4.79 Å². The van der Waals surface area contributed by atoms with E-state index in [0.29, 0.717) is 30.5 Å². The van der Waals surface area contributed by atoms with Crippen molar-refractivity contribution in [2.24, 2.45) is 4.99 Å². The number of methoxy groups -OCH3 is 2. The number of amides is 1. The molecule has 0 saturated carbocycles. The first kappa shape index (κ1) is 24.0. The molecular formula is C19H27IN4O3S. The van der Waals surface area contributed by atoms with E-state index in [2.05, 4.69) is 21.7 Å². The molecule has 0 aliphatic heterocycles. The minimum atomic E-state index is -0.0215. The Hall–Kier alpha value is -2.01. The lowest BCUT2D eigenvalue weighted by Crippen LogP contribution is -2.42. The molecule has 0 saturated heterocycles. The quantitative estimate of drug-likeness (QED) is 0.320. The molecule has 28 heavy (non-hydrogen) atoms. The molecule has 2 rings (SSSR count). The van der Waals surface area contributed by atoms with E-state index in [1.807, 2.05) is 29.6 Å². The molecule has 0 aliphatic rings. The monoisotopic (exact) mass is 518 g/mol. The summed E-state index contributed by atoms with van der Waals surface area (Å²) >= 11 is 1.67. The summed E-state index contributed by atoms with van der Waals surface area (Å²) in [5, 5.41) is 8.37. The van der Waals surface area contributed by atoms with Crippen LogP contribution in [0.4, 0.5) is 0 Å². The number of guanidine groups is 1. The normalized spacial score (nSPS) is 10.6. The van der Waals surface area contributed by atoms with E-state index in [0.717, 1.165) is 5.56 Å². The van der Waals surface area contributed by atoms with E-state index in [1.165, 1.54) is 9.78 Å². The van der Waals surface area contributed by atoms with Gasteiger partial charge in [0, 0.05) is 19.0 Å². The maximum Gasteiger partial charge on any atom is 0.241 e. The number of halogens is 1. The second-order valence-corrected chi connectivity index (χ2v) is 6.96. The third-order valence-corrected chi connectivity index (χ3v) is 4.66. The molecule has 2 N–H and O–H groups in total. The van der Waals surface area contributed by atoms with Crippen LogP contribution in [0.1, 0.15) is 10.4 Å². The summed E-state index contributed by atoms with van der Waals surface area (Å²) in [4.78, 5) is 19.2. The fourth-order valence-electron chi connectivity index (χ4n) is 2.23. The van der Waals surface area contributed by atoms with E-state index >= 15 is 0 Å². The van der Waals surface area contributed by atoms with Gasteiger partial charge in [-0.15, -0.1) is 35.3 Å². The lowest BCUT2D eigenvalue weighted by Gasteiger charge is -2.15. The largest absolute Gasteiger partial charge is 0.493 e. The molecule has 7 nitrogen and oxygen atoms in total. The van der Waals surface area contributed by atoms with Crippen molar-refractivity contribution in [2.75, 3.05) is 34.9 Å². The Morgan fingerprint density at radius 1 is 1.14 bits per heavy atom. The first-order valence-corrected chi connectivity index (χ1v) is 9.37. The molecule has 1 heterocycles. The number of nitrogens with zero attached hydrogens (tertiary/aromatic N) is 2. The van der Waals surface area contributed by atoms with Crippen LogP contribution in [0.15, 0.2) is 40.7 Å². The number of ether oxygens (including phenoxy) is 2. The lowest BCUT2D eigenvalue weighted by molar-refractivity contribution is -0.127. The van der Waals surface area contributed by atoms with Crippen molar-refractivity contribution in [3.63, 3.8) is 0 Å². The van der Waals surface area contributed by atoms with Gasteiger partial charge in [-0.3, -0.25) is 4.79 Å². The molecule has 2 aromatic rings. The fraction of sp³-hybridized carbons (Fsp3) is 0.368. The zero-order valence-electron chi connectivity index (χ0n) is 16.5. The van der Waals surface area contributed by atoms with Gasteiger partial charge < -0.3 is 25.0 Å². The number of carbonyl (C=O) groups is 1. The highest BCUT2D eigenvalue weighted by molar-refractivity contribution is 14.0. The van der Waals surface area contributed by atoms with Gasteiger partial charge in [-0.05, 0) is 29.1 Å². The van der Waals surface area contributed by atoms with Crippen LogP contribution < -0.4 is 20.1 Å². The minimum Gasteiger partial charge on any atom is -0.493 e. The Morgan fingerprint density at radius 2 is 1.89 bits per heavy atom. The average molecular weight is 518 g/mol. The van der Waals surface area contributed by atoms with Gasteiger partial charge in [0.25, 0.3) is 0 Å². The molecule has 154 valence electrons. The predicted molar refractivity (Wildman–Crippen MR) is 124 cm³/mol. The molecule has 1 aromatic carbocycles. The Morgan fingerprint density at radius 3 is 2.50 bits per heavy atom. The van der Waals surface area contributed by atoms with Crippen LogP contribution in [0.3, 0.4) is 0 Å². The molecule has 0 bridgehead atoms. The van der Waals surface area contributed by atoms with E-state index in [4.69, 9.17) is 9.47 Å². The maximum atomic E-state index is 11.9. The molecule has 0 aliphatic carbocycles. The van der Waals surface area contributed by atoms with Crippen molar-refractivity contribution >= 4 is 47.2 Å². The third kappa shape index (κ3) is 7.55. The van der Waals surface area contributed by atoms with Crippen molar-refractivity contribution in [1.29, 1.82) is 0 Å². The van der Waals surface area contributed by atoms with Gasteiger partial charge in [0.15, 0.2) is 17.5 Å². The number of likely N-dealkylation sites (N-methyl/N-ethyl adjacent to an activating group) is 1. The van der Waals surface area contributed by atoms with Crippen LogP contribution in [-0.4, -0.2) is 51.6 Å². The highest BCUT2D eigenvalue weighted by atomic mass is 127. The van der Waals surface area contributed by atoms with Gasteiger partial charge >= 0.3 is 0 Å². The first-order chi connectivity index (χ1) is 13.0. The van der Waals surface area contributed by atoms with Crippen molar-refractivity contribution in [3.8, 4) is 11.5 Å². The highest BCUT2D eigenvalue weighted by Crippen LogP contribution is 2.27. The summed E-state index contributed by atoms with van der Waals surface area (Å²) in [6.45, 7) is 1.26. The summed E-state index contributed by atoms with van der Waals surface area (Å²) in [7, 11) is 6.66. The van der Waals surface area contributed by atoms with Gasteiger partial charge in [-0.25, -0.2) is 4.99 Å². The number of thiophene rings is 1. The number of carbonyl (C=O) groups excluding carboxylic acids is 1. The average Bonchev–Trinajstić information content (AvgIpc) is 3.20. The lowest BCUT2D eigenvalue weighted by atomic mass is 10.2. The van der Waals surface area contributed by atoms with Crippen LogP contribution in [0.2, 0.25) is 0 Å². The summed E-state index contributed by atoms with van der Waals surface area (Å²) in [6, 6.07) is 9.74. The van der Waals surface area contributed by atoms with Crippen molar-refractivity contribution in [1.82, 2.24) is 15.5 Å². The van der Waals surface area contributed by atoms with Crippen LogP contribution in [0.25, 0.3) is 0 Å². The second-order valence-electron chi connectivity index (χ2n) is 5.93. The summed E-state index contributed by atoms with van der Waals surface area (Å²) in [5.41, 5.74) is 0.976. The van der Waals surface area contributed by atoms with E-state index in [1.54, 1.807) is 39.7 Å². The van der Waals surface area contributed by atoms with Gasteiger partial charge in [0.1, 0.15) is 0 Å². The van der Waals surface area contributed by atoms with Crippen LogP contribution in [0, 0.1) is 0 Å². The van der Waals surface area contributed by atoms with Gasteiger partial charge in [0.05, 0.1) is 33.9 Å². The number of nitrogens with one attached hydrogen (secondary N) is 2. The molecule has 0 atom stereocenters. The van der Waals surface area contributed by atoms with Crippen LogP contribution in [-0.2, 0) is 17.9 Å². The summed E-state index contributed by atoms with van der Waals surface area (Å²) < 4.78 is 10.6. The molecule has 0 radical (unpaired) electrons. The Kier molecular flexibility index (Phi) is 10.7. The topological polar surface area (TPSA) is 75.2 Å². The van der Waals surface area contributed by atoms with E-state index < -0.39 is 0 Å². The summed E-state index contributed by atoms with van der Waals surface area (Å²) in [5.74, 6) is 1.89. The fourth-order valence-corrected chi connectivity index (χ4v) is 2.87. The molecule has 1 aromatic heterocycles.